The quantitative estimate of drug-likeness (QED) is 0.715. The molecular weight excluding hydrogens is 294 g/mol. The summed E-state index contributed by atoms with van der Waals surface area (Å²) in [5, 5.41) is 12.4. The fraction of sp³-hybridized carbons (Fsp3) is 0.706. The SMILES string of the molecule is CCN(CC)C(CNC(=O)CN1CCCC1CO)c1ccco1. The van der Waals surface area contributed by atoms with E-state index >= 15 is 0 Å². The number of carbonyl (C=O) groups excluding carboxylic acids is 1. The highest BCUT2D eigenvalue weighted by Crippen LogP contribution is 2.20. The van der Waals surface area contributed by atoms with Gasteiger partial charge in [-0.15, -0.1) is 0 Å². The number of hydrogen-bond acceptors (Lipinski definition) is 5. The average Bonchev–Trinajstić information content (AvgIpc) is 3.22. The van der Waals surface area contributed by atoms with Crippen molar-refractivity contribution < 1.29 is 14.3 Å². The lowest BCUT2D eigenvalue weighted by Crippen LogP contribution is -2.44. The Labute approximate surface area is 138 Å². The first kappa shape index (κ1) is 18.0. The van der Waals surface area contributed by atoms with Crippen LogP contribution in [0.15, 0.2) is 22.8 Å². The van der Waals surface area contributed by atoms with Crippen molar-refractivity contribution in [2.24, 2.45) is 0 Å². The maximum atomic E-state index is 12.3. The smallest absolute Gasteiger partial charge is 0.234 e. The normalized spacial score (nSPS) is 20.1. The van der Waals surface area contributed by atoms with E-state index in [1.165, 1.54) is 0 Å². The van der Waals surface area contributed by atoms with Gasteiger partial charge in [0.05, 0.1) is 25.5 Å². The number of amides is 1. The minimum atomic E-state index is 0.00839. The molecule has 6 heteroatoms. The predicted octanol–water partition coefficient (Wildman–Crippen LogP) is 1.24. The molecule has 1 aliphatic heterocycles. The molecule has 6 nitrogen and oxygen atoms in total. The van der Waals surface area contributed by atoms with Crippen LogP contribution in [0.4, 0.5) is 0 Å². The zero-order chi connectivity index (χ0) is 16.7. The van der Waals surface area contributed by atoms with Gasteiger partial charge in [0, 0.05) is 12.6 Å². The summed E-state index contributed by atoms with van der Waals surface area (Å²) < 4.78 is 5.54. The third kappa shape index (κ3) is 4.80. The van der Waals surface area contributed by atoms with Gasteiger partial charge in [0.25, 0.3) is 0 Å². The van der Waals surface area contributed by atoms with Gasteiger partial charge >= 0.3 is 0 Å². The van der Waals surface area contributed by atoms with E-state index in [9.17, 15) is 9.90 Å². The van der Waals surface area contributed by atoms with Gasteiger partial charge < -0.3 is 14.8 Å². The van der Waals surface area contributed by atoms with Gasteiger partial charge in [0.15, 0.2) is 0 Å². The highest BCUT2D eigenvalue weighted by atomic mass is 16.3. The highest BCUT2D eigenvalue weighted by Gasteiger charge is 2.26. The summed E-state index contributed by atoms with van der Waals surface area (Å²) in [6, 6.07) is 4.02. The van der Waals surface area contributed by atoms with Gasteiger partial charge in [0.1, 0.15) is 5.76 Å². The monoisotopic (exact) mass is 323 g/mol. The van der Waals surface area contributed by atoms with E-state index in [-0.39, 0.29) is 24.6 Å². The average molecular weight is 323 g/mol. The number of likely N-dealkylation sites (tertiary alicyclic amines) is 1. The first-order valence-electron chi connectivity index (χ1n) is 8.58. The van der Waals surface area contributed by atoms with E-state index in [2.05, 4.69) is 29.0 Å². The van der Waals surface area contributed by atoms with E-state index < -0.39 is 0 Å². The van der Waals surface area contributed by atoms with Gasteiger partial charge in [-0.25, -0.2) is 0 Å². The minimum Gasteiger partial charge on any atom is -0.468 e. The summed E-state index contributed by atoms with van der Waals surface area (Å²) in [5.74, 6) is 0.887. The molecule has 1 aromatic heterocycles. The fourth-order valence-electron chi connectivity index (χ4n) is 3.32. The molecule has 1 saturated heterocycles. The van der Waals surface area contributed by atoms with Crippen LogP contribution >= 0.6 is 0 Å². The van der Waals surface area contributed by atoms with Gasteiger partial charge in [-0.2, -0.15) is 0 Å². The number of nitrogens with one attached hydrogen (secondary N) is 1. The van der Waals surface area contributed by atoms with Gasteiger partial charge in [-0.05, 0) is 44.6 Å². The zero-order valence-electron chi connectivity index (χ0n) is 14.2. The van der Waals surface area contributed by atoms with E-state index in [1.54, 1.807) is 6.26 Å². The second-order valence-electron chi connectivity index (χ2n) is 6.01. The van der Waals surface area contributed by atoms with Crippen molar-refractivity contribution in [1.29, 1.82) is 0 Å². The Morgan fingerprint density at radius 3 is 2.91 bits per heavy atom. The molecule has 1 aliphatic rings. The van der Waals surface area contributed by atoms with Gasteiger partial charge in [-0.1, -0.05) is 13.8 Å². The molecule has 2 atom stereocenters. The molecule has 2 unspecified atom stereocenters. The molecule has 0 aromatic carbocycles. The highest BCUT2D eigenvalue weighted by molar-refractivity contribution is 5.78. The Morgan fingerprint density at radius 1 is 1.52 bits per heavy atom. The first-order valence-corrected chi connectivity index (χ1v) is 8.58. The van der Waals surface area contributed by atoms with Crippen LogP contribution in [-0.4, -0.2) is 66.2 Å². The van der Waals surface area contributed by atoms with Crippen LogP contribution in [0.25, 0.3) is 0 Å². The Bertz CT molecular complexity index is 460. The van der Waals surface area contributed by atoms with E-state index in [1.807, 2.05) is 12.1 Å². The number of likely N-dealkylation sites (N-methyl/N-ethyl adjacent to an activating group) is 1. The molecule has 2 rings (SSSR count). The van der Waals surface area contributed by atoms with Crippen LogP contribution in [0.1, 0.15) is 38.5 Å². The maximum absolute atomic E-state index is 12.3. The fourth-order valence-corrected chi connectivity index (χ4v) is 3.32. The van der Waals surface area contributed by atoms with E-state index in [0.717, 1.165) is 38.2 Å². The van der Waals surface area contributed by atoms with Crippen molar-refractivity contribution in [1.82, 2.24) is 15.1 Å². The standard InChI is InChI=1S/C17H29N3O3/c1-3-19(4-2)15(16-8-6-10-23-16)11-18-17(22)12-20-9-5-7-14(20)13-21/h6,8,10,14-15,21H,3-5,7,9,11-13H2,1-2H3,(H,18,22). The van der Waals surface area contributed by atoms with Crippen molar-refractivity contribution >= 4 is 5.91 Å². The van der Waals surface area contributed by atoms with Gasteiger partial charge in [-0.3, -0.25) is 14.6 Å². The molecule has 23 heavy (non-hydrogen) atoms. The molecule has 1 aromatic rings. The first-order chi connectivity index (χ1) is 11.2. The van der Waals surface area contributed by atoms with Crippen LogP contribution in [0.3, 0.4) is 0 Å². The topological polar surface area (TPSA) is 69.0 Å². The summed E-state index contributed by atoms with van der Waals surface area (Å²) in [5.41, 5.74) is 0. The Kier molecular flexibility index (Phi) is 7.08. The molecule has 0 aliphatic carbocycles. The van der Waals surface area contributed by atoms with Crippen LogP contribution in [0.2, 0.25) is 0 Å². The summed E-state index contributed by atoms with van der Waals surface area (Å²) >= 11 is 0. The number of aliphatic hydroxyl groups excluding tert-OH is 1. The zero-order valence-corrected chi connectivity index (χ0v) is 14.2. The number of carbonyl (C=O) groups is 1. The molecule has 0 saturated carbocycles. The van der Waals surface area contributed by atoms with Crippen LogP contribution < -0.4 is 5.32 Å². The lowest BCUT2D eigenvalue weighted by Gasteiger charge is -2.29. The molecule has 0 radical (unpaired) electrons. The number of rotatable bonds is 9. The molecule has 0 spiro atoms. The summed E-state index contributed by atoms with van der Waals surface area (Å²) in [7, 11) is 0. The molecule has 1 fully saturated rings. The molecule has 130 valence electrons. The van der Waals surface area contributed by atoms with Crippen molar-refractivity contribution in [3.63, 3.8) is 0 Å². The maximum Gasteiger partial charge on any atom is 0.234 e. The Hall–Kier alpha value is -1.37. The minimum absolute atomic E-state index is 0.00839. The number of hydrogen-bond donors (Lipinski definition) is 2. The Balaban J connectivity index is 1.89. The number of aliphatic hydroxyl groups is 1. The van der Waals surface area contributed by atoms with Crippen LogP contribution in [-0.2, 0) is 4.79 Å². The summed E-state index contributed by atoms with van der Waals surface area (Å²) in [4.78, 5) is 16.6. The Morgan fingerprint density at radius 2 is 2.30 bits per heavy atom. The van der Waals surface area contributed by atoms with E-state index in [4.69, 9.17) is 4.42 Å². The third-order valence-electron chi connectivity index (χ3n) is 4.67. The molecule has 1 amide bonds. The molecule has 0 bridgehead atoms. The second kappa shape index (κ2) is 9.05. The van der Waals surface area contributed by atoms with Crippen molar-refractivity contribution in [3.05, 3.63) is 24.2 Å². The lowest BCUT2D eigenvalue weighted by molar-refractivity contribution is -0.122. The molecule has 2 N–H and O–H groups in total. The molecule has 2 heterocycles. The summed E-state index contributed by atoms with van der Waals surface area (Å²) in [6.45, 7) is 7.92. The van der Waals surface area contributed by atoms with Crippen molar-refractivity contribution in [3.8, 4) is 0 Å². The third-order valence-corrected chi connectivity index (χ3v) is 4.67. The van der Waals surface area contributed by atoms with E-state index in [0.29, 0.717) is 13.1 Å². The predicted molar refractivity (Wildman–Crippen MR) is 89.1 cm³/mol. The number of furan rings is 1. The second-order valence-corrected chi connectivity index (χ2v) is 6.01. The van der Waals surface area contributed by atoms with Crippen molar-refractivity contribution in [2.45, 2.75) is 38.8 Å². The largest absolute Gasteiger partial charge is 0.468 e. The van der Waals surface area contributed by atoms with Crippen LogP contribution in [0.5, 0.6) is 0 Å². The molecular formula is C17H29N3O3. The van der Waals surface area contributed by atoms with Crippen LogP contribution in [0, 0.1) is 0 Å². The lowest BCUT2D eigenvalue weighted by atomic mass is 10.2. The number of nitrogens with zero attached hydrogens (tertiary/aromatic N) is 2. The van der Waals surface area contributed by atoms with Crippen molar-refractivity contribution in [2.75, 3.05) is 39.3 Å². The van der Waals surface area contributed by atoms with Gasteiger partial charge in [0.2, 0.25) is 5.91 Å². The summed E-state index contributed by atoms with van der Waals surface area (Å²) in [6.07, 6.45) is 3.69.